The van der Waals surface area contributed by atoms with Crippen molar-refractivity contribution in [3.05, 3.63) is 34.9 Å². The van der Waals surface area contributed by atoms with E-state index in [0.29, 0.717) is 12.5 Å². The van der Waals surface area contributed by atoms with Gasteiger partial charge in [0.25, 0.3) is 0 Å². The molecular weight excluding hydrogens is 318 g/mol. The van der Waals surface area contributed by atoms with Crippen LogP contribution in [0.1, 0.15) is 82.6 Å². The largest absolute Gasteiger partial charge is 0.353 e. The lowest BCUT2D eigenvalue weighted by atomic mass is 9.97. The minimum atomic E-state index is 0.187. The molecule has 134 valence electrons. The van der Waals surface area contributed by atoms with Crippen molar-refractivity contribution < 1.29 is 4.79 Å². The standard InChI is InChI=1S/C21H32ClNO/c22-19-12-10-11-18(17-19)15-16-21(24)23-20-13-8-6-4-2-1-3-5-7-9-14-20/h10-12,17,20H,1-9,13-16H2,(H,23,24). The van der Waals surface area contributed by atoms with Gasteiger partial charge in [-0.15, -0.1) is 0 Å². The lowest BCUT2D eigenvalue weighted by Crippen LogP contribution is -2.35. The second-order valence-corrected chi connectivity index (χ2v) is 7.59. The van der Waals surface area contributed by atoms with Crippen molar-refractivity contribution >= 4 is 17.5 Å². The monoisotopic (exact) mass is 349 g/mol. The van der Waals surface area contributed by atoms with Crippen LogP contribution in [-0.4, -0.2) is 11.9 Å². The summed E-state index contributed by atoms with van der Waals surface area (Å²) in [4.78, 5) is 12.3. The lowest BCUT2D eigenvalue weighted by molar-refractivity contribution is -0.121. The van der Waals surface area contributed by atoms with Gasteiger partial charge in [0.05, 0.1) is 0 Å². The maximum absolute atomic E-state index is 12.3. The van der Waals surface area contributed by atoms with E-state index in [2.05, 4.69) is 5.32 Å². The first-order valence-corrected chi connectivity index (χ1v) is 10.2. The molecule has 1 aliphatic rings. The van der Waals surface area contributed by atoms with E-state index in [-0.39, 0.29) is 5.91 Å². The average Bonchev–Trinajstić information content (AvgIpc) is 2.55. The predicted molar refractivity (Wildman–Crippen MR) is 102 cm³/mol. The molecule has 0 saturated heterocycles. The van der Waals surface area contributed by atoms with E-state index in [1.807, 2.05) is 24.3 Å². The summed E-state index contributed by atoms with van der Waals surface area (Å²) in [5.74, 6) is 0.187. The van der Waals surface area contributed by atoms with Crippen LogP contribution in [0.25, 0.3) is 0 Å². The number of amides is 1. The van der Waals surface area contributed by atoms with E-state index in [4.69, 9.17) is 11.6 Å². The minimum absolute atomic E-state index is 0.187. The van der Waals surface area contributed by atoms with Gasteiger partial charge in [-0.1, -0.05) is 81.5 Å². The van der Waals surface area contributed by atoms with E-state index < -0.39 is 0 Å². The minimum Gasteiger partial charge on any atom is -0.353 e. The summed E-state index contributed by atoms with van der Waals surface area (Å²) >= 11 is 6.00. The molecule has 0 atom stereocenters. The number of benzene rings is 1. The number of hydrogen-bond acceptors (Lipinski definition) is 1. The molecule has 1 aliphatic carbocycles. The van der Waals surface area contributed by atoms with Crippen LogP contribution in [0, 0.1) is 0 Å². The summed E-state index contributed by atoms with van der Waals surface area (Å²) in [5, 5.41) is 4.03. The van der Waals surface area contributed by atoms with Gasteiger partial charge in [0.15, 0.2) is 0 Å². The topological polar surface area (TPSA) is 29.1 Å². The third-order valence-electron chi connectivity index (χ3n) is 5.00. The van der Waals surface area contributed by atoms with E-state index >= 15 is 0 Å². The molecule has 0 aliphatic heterocycles. The molecular formula is C21H32ClNO. The van der Waals surface area contributed by atoms with Crippen LogP contribution >= 0.6 is 11.6 Å². The molecule has 0 heterocycles. The summed E-state index contributed by atoms with van der Waals surface area (Å²) in [6.45, 7) is 0. The number of nitrogens with one attached hydrogen (secondary N) is 1. The summed E-state index contributed by atoms with van der Waals surface area (Å²) in [6, 6.07) is 8.18. The zero-order valence-electron chi connectivity index (χ0n) is 14.9. The number of rotatable bonds is 4. The van der Waals surface area contributed by atoms with E-state index in [0.717, 1.165) is 29.8 Å². The van der Waals surface area contributed by atoms with Crippen LogP contribution in [0.2, 0.25) is 5.02 Å². The summed E-state index contributed by atoms with van der Waals surface area (Å²) in [7, 11) is 0. The van der Waals surface area contributed by atoms with Crippen molar-refractivity contribution in [2.24, 2.45) is 0 Å². The van der Waals surface area contributed by atoms with Gasteiger partial charge in [-0.05, 0) is 37.0 Å². The average molecular weight is 350 g/mol. The Morgan fingerprint density at radius 3 is 2.12 bits per heavy atom. The number of carbonyl (C=O) groups excluding carboxylic acids is 1. The Kier molecular flexibility index (Phi) is 9.27. The molecule has 3 heteroatoms. The van der Waals surface area contributed by atoms with E-state index in [1.54, 1.807) is 0 Å². The first-order valence-electron chi connectivity index (χ1n) is 9.78. The van der Waals surface area contributed by atoms with Crippen LogP contribution in [0.15, 0.2) is 24.3 Å². The van der Waals surface area contributed by atoms with Gasteiger partial charge in [0.1, 0.15) is 0 Å². The van der Waals surface area contributed by atoms with Crippen molar-refractivity contribution in [1.82, 2.24) is 5.32 Å². The van der Waals surface area contributed by atoms with Crippen LogP contribution < -0.4 is 5.32 Å². The van der Waals surface area contributed by atoms with Gasteiger partial charge in [0.2, 0.25) is 5.91 Å². The maximum atomic E-state index is 12.3. The van der Waals surface area contributed by atoms with E-state index in [9.17, 15) is 4.79 Å². The Bertz CT molecular complexity index is 476. The molecule has 24 heavy (non-hydrogen) atoms. The lowest BCUT2D eigenvalue weighted by Gasteiger charge is -2.19. The summed E-state index contributed by atoms with van der Waals surface area (Å²) < 4.78 is 0. The Morgan fingerprint density at radius 2 is 1.54 bits per heavy atom. The molecule has 1 N–H and O–H groups in total. The molecule has 1 amide bonds. The Morgan fingerprint density at radius 1 is 0.958 bits per heavy atom. The molecule has 0 radical (unpaired) electrons. The summed E-state index contributed by atoms with van der Waals surface area (Å²) in [5.41, 5.74) is 1.14. The van der Waals surface area contributed by atoms with Gasteiger partial charge in [-0.25, -0.2) is 0 Å². The highest BCUT2D eigenvalue weighted by Gasteiger charge is 2.12. The normalized spacial score (nSPS) is 18.4. The molecule has 1 saturated carbocycles. The zero-order chi connectivity index (χ0) is 17.0. The first-order chi connectivity index (χ1) is 11.7. The Hall–Kier alpha value is -1.02. The van der Waals surface area contributed by atoms with Crippen LogP contribution in [0.4, 0.5) is 0 Å². The zero-order valence-corrected chi connectivity index (χ0v) is 15.6. The summed E-state index contributed by atoms with van der Waals surface area (Å²) in [6.07, 6.45) is 15.6. The number of carbonyl (C=O) groups is 1. The first kappa shape index (κ1) is 19.3. The highest BCUT2D eigenvalue weighted by molar-refractivity contribution is 6.30. The Labute approximate surface area is 152 Å². The van der Waals surface area contributed by atoms with E-state index in [1.165, 1.54) is 57.8 Å². The molecule has 1 aromatic rings. The smallest absolute Gasteiger partial charge is 0.220 e. The molecule has 0 spiro atoms. The van der Waals surface area contributed by atoms with Crippen molar-refractivity contribution in [3.8, 4) is 0 Å². The van der Waals surface area contributed by atoms with Crippen LogP contribution in [-0.2, 0) is 11.2 Å². The fourth-order valence-electron chi connectivity index (χ4n) is 3.56. The molecule has 0 aromatic heterocycles. The second-order valence-electron chi connectivity index (χ2n) is 7.15. The van der Waals surface area contributed by atoms with Gasteiger partial charge >= 0.3 is 0 Å². The van der Waals surface area contributed by atoms with Gasteiger partial charge in [-0.2, -0.15) is 0 Å². The number of halogens is 1. The third-order valence-corrected chi connectivity index (χ3v) is 5.24. The maximum Gasteiger partial charge on any atom is 0.220 e. The van der Waals surface area contributed by atoms with Gasteiger partial charge in [-0.3, -0.25) is 4.79 Å². The number of aryl methyl sites for hydroxylation is 1. The molecule has 0 bridgehead atoms. The molecule has 2 rings (SSSR count). The Balaban J connectivity index is 1.74. The third kappa shape index (κ3) is 8.19. The second kappa shape index (κ2) is 11.5. The molecule has 1 fully saturated rings. The van der Waals surface area contributed by atoms with Crippen molar-refractivity contribution in [2.45, 2.75) is 89.5 Å². The molecule has 2 nitrogen and oxygen atoms in total. The van der Waals surface area contributed by atoms with Crippen LogP contribution in [0.5, 0.6) is 0 Å². The van der Waals surface area contributed by atoms with Crippen LogP contribution in [0.3, 0.4) is 0 Å². The molecule has 0 unspecified atom stereocenters. The van der Waals surface area contributed by atoms with Crippen molar-refractivity contribution in [2.75, 3.05) is 0 Å². The molecule has 1 aromatic carbocycles. The highest BCUT2D eigenvalue weighted by atomic mass is 35.5. The highest BCUT2D eigenvalue weighted by Crippen LogP contribution is 2.17. The fourth-order valence-corrected chi connectivity index (χ4v) is 3.77. The van der Waals surface area contributed by atoms with Gasteiger partial charge in [0, 0.05) is 17.5 Å². The van der Waals surface area contributed by atoms with Gasteiger partial charge < -0.3 is 5.32 Å². The van der Waals surface area contributed by atoms with Crippen molar-refractivity contribution in [3.63, 3.8) is 0 Å². The quantitative estimate of drug-likeness (QED) is 0.703. The predicted octanol–water partition coefficient (Wildman–Crippen LogP) is 6.06. The van der Waals surface area contributed by atoms with Crippen molar-refractivity contribution in [1.29, 1.82) is 0 Å². The fraction of sp³-hybridized carbons (Fsp3) is 0.667. The SMILES string of the molecule is O=C(CCc1cccc(Cl)c1)NC1CCCCCCCCCCC1. The number of hydrogen-bond donors (Lipinski definition) is 1.